The van der Waals surface area contributed by atoms with Crippen molar-refractivity contribution in [1.82, 2.24) is 14.2 Å². The van der Waals surface area contributed by atoms with Gasteiger partial charge in [-0.2, -0.15) is 9.66 Å². The van der Waals surface area contributed by atoms with Gasteiger partial charge in [0.25, 0.3) is 5.56 Å². The van der Waals surface area contributed by atoms with Crippen LogP contribution in [0.3, 0.4) is 0 Å². The molecule has 3 heterocycles. The van der Waals surface area contributed by atoms with Crippen LogP contribution in [0.1, 0.15) is 13.2 Å². The third kappa shape index (κ3) is 2.43. The summed E-state index contributed by atoms with van der Waals surface area (Å²) < 4.78 is 21.6. The standard InChI is InChI=1S/C14H16ClFN6O4/c1-5(23)8-9(24)14(18,2-3-15)12(26-8)21-4-6(16)7-10(21)20-13(17)22(19)11(7)25/h4-5,8-9,12,23-24H,18-19H2,1H3,(H2,17,20)/t5-,8-,9?,12-,14-/m1/s1. The Morgan fingerprint density at radius 2 is 2.23 bits per heavy atom. The smallest absolute Gasteiger partial charge is 0.285 e. The van der Waals surface area contributed by atoms with Gasteiger partial charge >= 0.3 is 0 Å². The van der Waals surface area contributed by atoms with Gasteiger partial charge in [-0.25, -0.2) is 4.39 Å². The lowest BCUT2D eigenvalue weighted by atomic mass is 9.90. The van der Waals surface area contributed by atoms with Crippen molar-refractivity contribution >= 4 is 28.6 Å². The molecule has 0 saturated carbocycles. The van der Waals surface area contributed by atoms with E-state index in [9.17, 15) is 19.4 Å². The third-order valence-corrected chi connectivity index (χ3v) is 4.44. The number of nitrogens with zero attached hydrogens (tertiary/aromatic N) is 3. The lowest BCUT2D eigenvalue weighted by Gasteiger charge is -2.28. The van der Waals surface area contributed by atoms with Crippen molar-refractivity contribution in [2.45, 2.75) is 37.0 Å². The molecule has 1 fully saturated rings. The summed E-state index contributed by atoms with van der Waals surface area (Å²) in [6.45, 7) is 1.38. The Kier molecular flexibility index (Phi) is 4.33. The van der Waals surface area contributed by atoms with Gasteiger partial charge in [-0.3, -0.25) is 9.36 Å². The number of anilines is 1. The van der Waals surface area contributed by atoms with Gasteiger partial charge in [0.1, 0.15) is 17.6 Å². The van der Waals surface area contributed by atoms with Gasteiger partial charge in [-0.15, -0.1) is 0 Å². The lowest BCUT2D eigenvalue weighted by Crippen LogP contribution is -2.54. The molecule has 0 aliphatic carbocycles. The van der Waals surface area contributed by atoms with Crippen molar-refractivity contribution in [3.05, 3.63) is 22.4 Å². The molecule has 12 heteroatoms. The van der Waals surface area contributed by atoms with Gasteiger partial charge in [0.15, 0.2) is 23.2 Å². The van der Waals surface area contributed by atoms with Gasteiger partial charge in [0, 0.05) is 11.6 Å². The Balaban J connectivity index is 2.28. The van der Waals surface area contributed by atoms with E-state index in [2.05, 4.69) is 16.3 Å². The van der Waals surface area contributed by atoms with Crippen LogP contribution in [0.5, 0.6) is 0 Å². The average molecular weight is 387 g/mol. The van der Waals surface area contributed by atoms with Crippen LogP contribution in [0.25, 0.3) is 11.0 Å². The maximum Gasteiger partial charge on any atom is 0.285 e. The van der Waals surface area contributed by atoms with Crippen molar-refractivity contribution in [3.8, 4) is 11.3 Å². The lowest BCUT2D eigenvalue weighted by molar-refractivity contribution is -0.0756. The summed E-state index contributed by atoms with van der Waals surface area (Å²) in [5.41, 5.74) is 8.80. The van der Waals surface area contributed by atoms with E-state index in [4.69, 9.17) is 33.6 Å². The SMILES string of the molecule is C[C@@H](O)[C@H]1O[C@@H](n2cc(F)c3c(=O)n(N)c(N)nc32)[C@@](N)(C#CCl)C1O. The van der Waals surface area contributed by atoms with E-state index in [-0.39, 0.29) is 11.6 Å². The van der Waals surface area contributed by atoms with Crippen LogP contribution < -0.4 is 22.9 Å². The van der Waals surface area contributed by atoms with Crippen LogP contribution >= 0.6 is 11.6 Å². The van der Waals surface area contributed by atoms with Crippen LogP contribution in [-0.4, -0.2) is 48.3 Å². The number of aromatic nitrogens is 3. The predicted octanol–water partition coefficient (Wildman–Crippen LogP) is -1.83. The summed E-state index contributed by atoms with van der Waals surface area (Å²) in [7, 11) is 0. The highest BCUT2D eigenvalue weighted by molar-refractivity contribution is 6.30. The number of rotatable bonds is 2. The molecule has 1 saturated heterocycles. The fraction of sp³-hybridized carbons (Fsp3) is 0.429. The summed E-state index contributed by atoms with van der Waals surface area (Å²) in [5, 5.41) is 21.9. The quantitative estimate of drug-likeness (QED) is 0.296. The van der Waals surface area contributed by atoms with E-state index in [0.29, 0.717) is 4.68 Å². The average Bonchev–Trinajstić information content (AvgIpc) is 3.01. The van der Waals surface area contributed by atoms with E-state index < -0.39 is 46.8 Å². The first-order chi connectivity index (χ1) is 12.1. The van der Waals surface area contributed by atoms with E-state index in [1.807, 2.05) is 0 Å². The van der Waals surface area contributed by atoms with Crippen LogP contribution in [-0.2, 0) is 4.74 Å². The largest absolute Gasteiger partial charge is 0.391 e. The molecule has 8 N–H and O–H groups in total. The van der Waals surface area contributed by atoms with Gasteiger partial charge in [0.2, 0.25) is 5.95 Å². The number of halogens is 2. The molecular formula is C14H16ClFN6O4. The second-order valence-electron chi connectivity index (χ2n) is 6.02. The molecule has 26 heavy (non-hydrogen) atoms. The Morgan fingerprint density at radius 3 is 2.81 bits per heavy atom. The van der Waals surface area contributed by atoms with E-state index >= 15 is 0 Å². The summed E-state index contributed by atoms with van der Waals surface area (Å²) in [6.07, 6.45) is -4.16. The highest BCUT2D eigenvalue weighted by Gasteiger charge is 2.56. The minimum atomic E-state index is -1.82. The zero-order chi connectivity index (χ0) is 19.4. The van der Waals surface area contributed by atoms with Crippen LogP contribution in [0.2, 0.25) is 0 Å². The monoisotopic (exact) mass is 386 g/mol. The molecule has 0 radical (unpaired) electrons. The summed E-state index contributed by atoms with van der Waals surface area (Å²) >= 11 is 5.45. The van der Waals surface area contributed by atoms with Crippen LogP contribution in [0, 0.1) is 17.1 Å². The number of nitrogens with two attached hydrogens (primary N) is 3. The molecule has 0 bridgehead atoms. The van der Waals surface area contributed by atoms with E-state index in [1.165, 1.54) is 6.92 Å². The van der Waals surface area contributed by atoms with Crippen LogP contribution in [0.15, 0.2) is 11.0 Å². The molecule has 10 nitrogen and oxygen atoms in total. The molecular weight excluding hydrogens is 371 g/mol. The molecule has 0 spiro atoms. The summed E-state index contributed by atoms with van der Waals surface area (Å²) in [4.78, 5) is 16.1. The zero-order valence-corrected chi connectivity index (χ0v) is 14.2. The Morgan fingerprint density at radius 1 is 1.58 bits per heavy atom. The first-order valence-corrected chi connectivity index (χ1v) is 7.78. The molecule has 1 aliphatic rings. The van der Waals surface area contributed by atoms with Crippen molar-refractivity contribution in [2.75, 3.05) is 11.6 Å². The Hall–Kier alpha value is -2.36. The molecule has 1 unspecified atom stereocenters. The molecule has 3 rings (SSSR count). The number of nitrogen functional groups attached to an aromatic ring is 2. The molecule has 0 aromatic carbocycles. The van der Waals surface area contributed by atoms with Crippen molar-refractivity contribution in [2.24, 2.45) is 5.73 Å². The van der Waals surface area contributed by atoms with Gasteiger partial charge < -0.3 is 32.3 Å². The topological polar surface area (TPSA) is 168 Å². The highest BCUT2D eigenvalue weighted by Crippen LogP contribution is 2.39. The number of hydrogen-bond donors (Lipinski definition) is 5. The fourth-order valence-corrected chi connectivity index (χ4v) is 3.17. The van der Waals surface area contributed by atoms with Crippen molar-refractivity contribution in [3.63, 3.8) is 0 Å². The van der Waals surface area contributed by atoms with Crippen molar-refractivity contribution < 1.29 is 19.3 Å². The van der Waals surface area contributed by atoms with Gasteiger partial charge in [-0.05, 0) is 18.5 Å². The van der Waals surface area contributed by atoms with Gasteiger partial charge in [0.05, 0.1) is 6.10 Å². The maximum absolute atomic E-state index is 14.4. The molecule has 0 amide bonds. The summed E-state index contributed by atoms with van der Waals surface area (Å²) in [6, 6.07) is 0. The molecule has 2 aromatic rings. The Labute approximate surface area is 150 Å². The van der Waals surface area contributed by atoms with E-state index in [0.717, 1.165) is 10.8 Å². The zero-order valence-electron chi connectivity index (χ0n) is 13.4. The number of aliphatic hydroxyl groups is 2. The predicted molar refractivity (Wildman–Crippen MR) is 90.7 cm³/mol. The van der Waals surface area contributed by atoms with Gasteiger partial charge in [-0.1, -0.05) is 5.92 Å². The number of ether oxygens (including phenoxy) is 1. The highest BCUT2D eigenvalue weighted by atomic mass is 35.5. The molecule has 140 valence electrons. The van der Waals surface area contributed by atoms with Crippen LogP contribution in [0.4, 0.5) is 10.3 Å². The summed E-state index contributed by atoms with van der Waals surface area (Å²) in [5.74, 6) is 6.53. The van der Waals surface area contributed by atoms with E-state index in [1.54, 1.807) is 0 Å². The third-order valence-electron chi connectivity index (χ3n) is 4.35. The first-order valence-electron chi connectivity index (χ1n) is 7.40. The molecule has 2 aromatic heterocycles. The normalized spacial score (nSPS) is 29.5. The Bertz CT molecular complexity index is 995. The molecule has 1 aliphatic heterocycles. The second-order valence-corrected chi connectivity index (χ2v) is 6.21. The number of hydrogen-bond acceptors (Lipinski definition) is 8. The number of aliphatic hydroxyl groups excluding tert-OH is 2. The second kappa shape index (κ2) is 6.11. The first kappa shape index (κ1) is 18.4. The minimum absolute atomic E-state index is 0.207. The number of fused-ring (bicyclic) bond motifs is 1. The minimum Gasteiger partial charge on any atom is -0.391 e. The maximum atomic E-state index is 14.4. The molecule has 5 atom stereocenters. The fourth-order valence-electron chi connectivity index (χ4n) is 3.01. The van der Waals surface area contributed by atoms with Crippen molar-refractivity contribution in [1.29, 1.82) is 0 Å².